The topological polar surface area (TPSA) is 87.2 Å². The number of fused-ring (bicyclic) bond motifs is 1. The molecule has 2 aromatic heterocycles. The van der Waals surface area contributed by atoms with Crippen LogP contribution in [-0.2, 0) is 17.0 Å². The van der Waals surface area contributed by atoms with E-state index in [0.717, 1.165) is 11.3 Å². The maximum atomic E-state index is 13.3. The molecule has 2 aromatic carbocycles. The monoisotopic (exact) mass is 455 g/mol. The molecule has 0 aliphatic heterocycles. The SMILES string of the molecule is COC(=O)c1ccc2c(=O)n(Cc3ccccc3Cl)c(SCc3cc(C)on3)nc2c1. The molecule has 7 nitrogen and oxygen atoms in total. The largest absolute Gasteiger partial charge is 0.465 e. The van der Waals surface area contributed by atoms with Crippen molar-refractivity contribution in [3.8, 4) is 0 Å². The zero-order chi connectivity index (χ0) is 22.0. The van der Waals surface area contributed by atoms with Gasteiger partial charge in [0.15, 0.2) is 5.16 Å². The van der Waals surface area contributed by atoms with Gasteiger partial charge in [-0.15, -0.1) is 0 Å². The van der Waals surface area contributed by atoms with E-state index in [-0.39, 0.29) is 12.1 Å². The zero-order valence-corrected chi connectivity index (χ0v) is 18.4. The highest BCUT2D eigenvalue weighted by Gasteiger charge is 2.16. The molecule has 0 N–H and O–H groups in total. The third-order valence-electron chi connectivity index (χ3n) is 4.65. The molecule has 0 radical (unpaired) electrons. The lowest BCUT2D eigenvalue weighted by Crippen LogP contribution is -2.24. The first kappa shape index (κ1) is 21.1. The lowest BCUT2D eigenvalue weighted by Gasteiger charge is -2.14. The molecule has 0 saturated heterocycles. The van der Waals surface area contributed by atoms with Crippen molar-refractivity contribution >= 4 is 40.2 Å². The Bertz CT molecular complexity index is 1330. The minimum absolute atomic E-state index is 0.222. The average molecular weight is 456 g/mol. The average Bonchev–Trinajstić information content (AvgIpc) is 3.20. The zero-order valence-electron chi connectivity index (χ0n) is 16.8. The number of aromatic nitrogens is 3. The van der Waals surface area contributed by atoms with Crippen molar-refractivity contribution < 1.29 is 14.1 Å². The Morgan fingerprint density at radius 2 is 2.03 bits per heavy atom. The summed E-state index contributed by atoms with van der Waals surface area (Å²) in [6, 6.07) is 13.9. The van der Waals surface area contributed by atoms with Crippen molar-refractivity contribution in [3.05, 3.63) is 86.5 Å². The lowest BCUT2D eigenvalue weighted by atomic mass is 10.1. The predicted octanol–water partition coefficient (Wildman–Crippen LogP) is 4.47. The van der Waals surface area contributed by atoms with Crippen LogP contribution in [0.5, 0.6) is 0 Å². The Morgan fingerprint density at radius 1 is 1.23 bits per heavy atom. The normalized spacial score (nSPS) is 11.1. The summed E-state index contributed by atoms with van der Waals surface area (Å²) in [5, 5.41) is 5.46. The van der Waals surface area contributed by atoms with Crippen molar-refractivity contribution in [2.45, 2.75) is 24.4 Å². The van der Waals surface area contributed by atoms with Crippen molar-refractivity contribution in [1.29, 1.82) is 0 Å². The van der Waals surface area contributed by atoms with Gasteiger partial charge in [-0.3, -0.25) is 9.36 Å². The molecule has 0 atom stereocenters. The first-order valence-electron chi connectivity index (χ1n) is 9.37. The summed E-state index contributed by atoms with van der Waals surface area (Å²) in [6.45, 7) is 2.08. The van der Waals surface area contributed by atoms with E-state index in [1.54, 1.807) is 28.8 Å². The molecule has 4 aromatic rings. The molecule has 0 fully saturated rings. The van der Waals surface area contributed by atoms with Crippen molar-refractivity contribution in [2.24, 2.45) is 0 Å². The molecule has 0 amide bonds. The molecule has 4 rings (SSSR count). The summed E-state index contributed by atoms with van der Waals surface area (Å²) in [5.74, 6) is 0.684. The Kier molecular flexibility index (Phi) is 6.11. The number of methoxy groups -OCH3 is 1. The first-order chi connectivity index (χ1) is 15.0. The molecule has 2 heterocycles. The second-order valence-electron chi connectivity index (χ2n) is 6.82. The Hall–Kier alpha value is -3.10. The molecule has 0 unspecified atom stereocenters. The number of thioether (sulfide) groups is 1. The number of carbonyl (C=O) groups is 1. The predicted molar refractivity (Wildman–Crippen MR) is 119 cm³/mol. The number of halogens is 1. The van der Waals surface area contributed by atoms with Crippen LogP contribution in [-0.4, -0.2) is 27.8 Å². The number of carbonyl (C=O) groups excluding carboxylic acids is 1. The molecule has 0 spiro atoms. The summed E-state index contributed by atoms with van der Waals surface area (Å²) >= 11 is 7.69. The van der Waals surface area contributed by atoms with Crippen LogP contribution in [0.15, 0.2) is 63.0 Å². The molecular weight excluding hydrogens is 438 g/mol. The minimum Gasteiger partial charge on any atom is -0.465 e. The van der Waals surface area contributed by atoms with E-state index >= 15 is 0 Å². The maximum absolute atomic E-state index is 13.3. The van der Waals surface area contributed by atoms with Crippen molar-refractivity contribution in [2.75, 3.05) is 7.11 Å². The van der Waals surface area contributed by atoms with Gasteiger partial charge in [0.05, 0.1) is 35.8 Å². The van der Waals surface area contributed by atoms with Crippen LogP contribution >= 0.6 is 23.4 Å². The third kappa shape index (κ3) is 4.50. The van der Waals surface area contributed by atoms with Crippen LogP contribution in [0.4, 0.5) is 0 Å². The number of ether oxygens (including phenoxy) is 1. The molecule has 31 heavy (non-hydrogen) atoms. The molecule has 0 aliphatic carbocycles. The van der Waals surface area contributed by atoms with Gasteiger partial charge in [0.1, 0.15) is 5.76 Å². The lowest BCUT2D eigenvalue weighted by molar-refractivity contribution is 0.0601. The van der Waals surface area contributed by atoms with Gasteiger partial charge >= 0.3 is 5.97 Å². The number of hydrogen-bond acceptors (Lipinski definition) is 7. The molecule has 9 heteroatoms. The summed E-state index contributed by atoms with van der Waals surface area (Å²) in [6.07, 6.45) is 0. The van der Waals surface area contributed by atoms with Gasteiger partial charge in [-0.2, -0.15) is 0 Å². The van der Waals surface area contributed by atoms with E-state index in [4.69, 9.17) is 20.9 Å². The fourth-order valence-corrected chi connectivity index (χ4v) is 4.19. The Balaban J connectivity index is 1.81. The number of hydrogen-bond donors (Lipinski definition) is 0. The fourth-order valence-electron chi connectivity index (χ4n) is 3.12. The maximum Gasteiger partial charge on any atom is 0.337 e. The quantitative estimate of drug-likeness (QED) is 0.241. The number of aryl methyl sites for hydroxylation is 1. The number of rotatable bonds is 6. The highest BCUT2D eigenvalue weighted by atomic mass is 35.5. The Labute approximate surface area is 187 Å². The van der Waals surface area contributed by atoms with Gasteiger partial charge in [0.25, 0.3) is 5.56 Å². The minimum atomic E-state index is -0.490. The van der Waals surface area contributed by atoms with Crippen LogP contribution in [0, 0.1) is 6.92 Å². The van der Waals surface area contributed by atoms with Gasteiger partial charge < -0.3 is 9.26 Å². The number of nitrogens with zero attached hydrogens (tertiary/aromatic N) is 3. The smallest absolute Gasteiger partial charge is 0.337 e. The van der Waals surface area contributed by atoms with Crippen LogP contribution in [0.1, 0.15) is 27.4 Å². The Morgan fingerprint density at radius 3 is 2.74 bits per heavy atom. The molecule has 0 bridgehead atoms. The summed E-state index contributed by atoms with van der Waals surface area (Å²) in [7, 11) is 1.31. The van der Waals surface area contributed by atoms with E-state index < -0.39 is 5.97 Å². The van der Waals surface area contributed by atoms with E-state index in [0.29, 0.717) is 38.2 Å². The second kappa shape index (κ2) is 8.95. The molecule has 158 valence electrons. The van der Waals surface area contributed by atoms with Crippen molar-refractivity contribution in [3.63, 3.8) is 0 Å². The summed E-state index contributed by atoms with van der Waals surface area (Å²) in [4.78, 5) is 29.9. The molecule has 0 aliphatic rings. The van der Waals surface area contributed by atoms with Crippen molar-refractivity contribution in [1.82, 2.24) is 14.7 Å². The fraction of sp³-hybridized carbons (Fsp3) is 0.182. The van der Waals surface area contributed by atoms with Crippen LogP contribution < -0.4 is 5.56 Å². The van der Waals surface area contributed by atoms with Gasteiger partial charge in [-0.1, -0.05) is 46.7 Å². The summed E-state index contributed by atoms with van der Waals surface area (Å²) in [5.41, 5.74) is 2.07. The van der Waals surface area contributed by atoms with Gasteiger partial charge in [0.2, 0.25) is 0 Å². The third-order valence-corrected chi connectivity index (χ3v) is 6.03. The van der Waals surface area contributed by atoms with E-state index in [9.17, 15) is 9.59 Å². The number of esters is 1. The second-order valence-corrected chi connectivity index (χ2v) is 8.17. The van der Waals surface area contributed by atoms with Gasteiger partial charge in [0, 0.05) is 16.8 Å². The van der Waals surface area contributed by atoms with Gasteiger partial charge in [-0.05, 0) is 36.8 Å². The van der Waals surface area contributed by atoms with Gasteiger partial charge in [-0.25, -0.2) is 9.78 Å². The van der Waals surface area contributed by atoms with Crippen LogP contribution in [0.25, 0.3) is 10.9 Å². The first-order valence-corrected chi connectivity index (χ1v) is 10.7. The van der Waals surface area contributed by atoms with E-state index in [2.05, 4.69) is 10.1 Å². The van der Waals surface area contributed by atoms with E-state index in [1.165, 1.54) is 18.9 Å². The van der Waals surface area contributed by atoms with Crippen LogP contribution in [0.3, 0.4) is 0 Å². The van der Waals surface area contributed by atoms with Crippen LogP contribution in [0.2, 0.25) is 5.02 Å². The highest BCUT2D eigenvalue weighted by molar-refractivity contribution is 7.98. The number of benzene rings is 2. The standard InChI is InChI=1S/C22H18ClN3O4S/c1-13-9-16(25-30-13)12-31-22-24-19-10-14(21(28)29-2)7-8-17(19)20(27)26(22)11-15-5-3-4-6-18(15)23/h3-10H,11-12H2,1-2H3. The van der Waals surface area contributed by atoms with E-state index in [1.807, 2.05) is 31.2 Å². The molecular formula is C22H18ClN3O4S. The highest BCUT2D eigenvalue weighted by Crippen LogP contribution is 2.25. The molecule has 0 saturated carbocycles. The summed E-state index contributed by atoms with van der Waals surface area (Å²) < 4.78 is 11.5.